The highest BCUT2D eigenvalue weighted by Crippen LogP contribution is 2.34. The van der Waals surface area contributed by atoms with Crippen molar-refractivity contribution in [3.8, 4) is 5.75 Å². The fourth-order valence-electron chi connectivity index (χ4n) is 4.32. The summed E-state index contributed by atoms with van der Waals surface area (Å²) < 4.78 is 16.4. The third-order valence-electron chi connectivity index (χ3n) is 5.82. The normalized spacial score (nSPS) is 12.6. The number of aryl methyl sites for hydroxylation is 2. The zero-order valence-corrected chi connectivity index (χ0v) is 20.4. The van der Waals surface area contributed by atoms with Crippen LogP contribution in [-0.2, 0) is 22.4 Å². The maximum Gasteiger partial charge on any atom is 0.336 e. The van der Waals surface area contributed by atoms with Gasteiger partial charge in [0.05, 0.1) is 6.54 Å². The van der Waals surface area contributed by atoms with Gasteiger partial charge < -0.3 is 24.5 Å². The monoisotopic (exact) mass is 500 g/mol. The minimum absolute atomic E-state index is 0. The Labute approximate surface area is 209 Å². The molecule has 0 aliphatic carbocycles. The van der Waals surface area contributed by atoms with Crippen LogP contribution in [0.3, 0.4) is 0 Å². The second kappa shape index (κ2) is 11.9. The van der Waals surface area contributed by atoms with Crippen molar-refractivity contribution in [3.05, 3.63) is 69.6 Å². The Morgan fingerprint density at radius 2 is 1.94 bits per heavy atom. The Morgan fingerprint density at radius 3 is 2.71 bits per heavy atom. The van der Waals surface area contributed by atoms with E-state index in [4.69, 9.17) is 19.6 Å². The molecule has 9 heteroatoms. The summed E-state index contributed by atoms with van der Waals surface area (Å²) in [7, 11) is 0. The van der Waals surface area contributed by atoms with Gasteiger partial charge in [0.2, 0.25) is 0 Å². The topological polar surface area (TPSA) is 112 Å². The van der Waals surface area contributed by atoms with E-state index in [-0.39, 0.29) is 55.0 Å². The molecule has 0 fully saturated rings. The summed E-state index contributed by atoms with van der Waals surface area (Å²) in [6.07, 6.45) is 3.23. The number of anilines is 1. The van der Waals surface area contributed by atoms with Crippen LogP contribution in [0.4, 0.5) is 5.69 Å². The highest BCUT2D eigenvalue weighted by Gasteiger charge is 2.29. The number of hydrogen-bond donors (Lipinski definition) is 1. The number of carbonyl (C=O) groups is 2. The Bertz CT molecular complexity index is 1270. The van der Waals surface area contributed by atoms with E-state index in [0.29, 0.717) is 18.4 Å². The number of halogens is 1. The van der Waals surface area contributed by atoms with Crippen LogP contribution in [-0.4, -0.2) is 38.2 Å². The predicted octanol–water partition coefficient (Wildman–Crippen LogP) is 3.64. The minimum Gasteiger partial charge on any atom is -0.489 e. The van der Waals surface area contributed by atoms with Crippen LogP contribution in [0.25, 0.3) is 11.0 Å². The Balaban J connectivity index is 0.00000342. The first-order chi connectivity index (χ1) is 16.5. The molecule has 35 heavy (non-hydrogen) atoms. The quantitative estimate of drug-likeness (QED) is 0.285. The summed E-state index contributed by atoms with van der Waals surface area (Å²) in [5, 5.41) is 0.706. The molecule has 0 saturated carbocycles. The summed E-state index contributed by atoms with van der Waals surface area (Å²) in [6, 6.07) is 12.8. The number of para-hydroxylation sites is 1. The molecule has 0 unspecified atom stereocenters. The molecule has 4 rings (SSSR count). The number of nitrogens with two attached hydrogens (primary N) is 1. The number of amides is 1. The van der Waals surface area contributed by atoms with Crippen LogP contribution in [0, 0.1) is 0 Å². The molecular formula is C26H29ClN2O6. The van der Waals surface area contributed by atoms with E-state index in [2.05, 4.69) is 0 Å². The highest BCUT2D eigenvalue weighted by atomic mass is 35.5. The predicted molar refractivity (Wildman–Crippen MR) is 136 cm³/mol. The molecule has 0 spiro atoms. The van der Waals surface area contributed by atoms with E-state index >= 15 is 0 Å². The summed E-state index contributed by atoms with van der Waals surface area (Å²) in [6.45, 7) is 2.34. The van der Waals surface area contributed by atoms with Gasteiger partial charge in [-0.15, -0.1) is 12.4 Å². The number of nitrogens with zero attached hydrogens (tertiary/aromatic N) is 1. The zero-order valence-electron chi connectivity index (χ0n) is 19.6. The average molecular weight is 501 g/mol. The molecule has 0 radical (unpaired) electrons. The van der Waals surface area contributed by atoms with E-state index in [1.54, 1.807) is 17.0 Å². The molecule has 2 aromatic carbocycles. The first-order valence-electron chi connectivity index (χ1n) is 11.5. The van der Waals surface area contributed by atoms with Crippen molar-refractivity contribution < 1.29 is 23.5 Å². The summed E-state index contributed by atoms with van der Waals surface area (Å²) in [4.78, 5) is 39.4. The third kappa shape index (κ3) is 5.66. The van der Waals surface area contributed by atoms with Gasteiger partial charge in [0.1, 0.15) is 24.5 Å². The van der Waals surface area contributed by atoms with Crippen molar-refractivity contribution in [2.45, 2.75) is 32.6 Å². The molecule has 2 heterocycles. The van der Waals surface area contributed by atoms with Crippen molar-refractivity contribution in [3.63, 3.8) is 0 Å². The lowest BCUT2D eigenvalue weighted by Crippen LogP contribution is -2.36. The van der Waals surface area contributed by atoms with Crippen molar-refractivity contribution >= 4 is 40.9 Å². The van der Waals surface area contributed by atoms with Crippen LogP contribution >= 0.6 is 12.4 Å². The van der Waals surface area contributed by atoms with Crippen LogP contribution in [0.1, 0.15) is 41.3 Å². The van der Waals surface area contributed by atoms with E-state index in [9.17, 15) is 14.4 Å². The van der Waals surface area contributed by atoms with Gasteiger partial charge in [-0.05, 0) is 48.6 Å². The minimum atomic E-state index is -0.543. The fourth-order valence-corrected chi connectivity index (χ4v) is 4.32. The maximum atomic E-state index is 13.9. The van der Waals surface area contributed by atoms with Crippen molar-refractivity contribution in [2.75, 3.05) is 31.2 Å². The Kier molecular flexibility index (Phi) is 8.89. The molecule has 1 aliphatic heterocycles. The van der Waals surface area contributed by atoms with E-state index < -0.39 is 11.6 Å². The summed E-state index contributed by atoms with van der Waals surface area (Å²) >= 11 is 0. The molecule has 2 N–H and O–H groups in total. The maximum absolute atomic E-state index is 13.9. The van der Waals surface area contributed by atoms with Gasteiger partial charge in [-0.2, -0.15) is 0 Å². The molecule has 1 amide bonds. The lowest BCUT2D eigenvalue weighted by Gasteiger charge is -2.30. The molecule has 1 aromatic heterocycles. The van der Waals surface area contributed by atoms with E-state index in [0.717, 1.165) is 36.1 Å². The molecule has 3 aromatic rings. The van der Waals surface area contributed by atoms with Gasteiger partial charge in [-0.3, -0.25) is 9.59 Å². The van der Waals surface area contributed by atoms with Crippen LogP contribution in [0.2, 0.25) is 0 Å². The standard InChI is InChI=1S/C26H28N2O6.ClH/c1-2-6-18-15-22(29)34-25-19(18)10-11-21(32-13-14-33-23(30)16-27)24(25)26(31)28-12-5-8-17-7-3-4-9-20(17)28;/h3-4,7,9-11,15H,2,5-6,8,12-14,16,27H2,1H3;1H. The van der Waals surface area contributed by atoms with Gasteiger partial charge in [0.25, 0.3) is 5.91 Å². The lowest BCUT2D eigenvalue weighted by atomic mass is 9.98. The second-order valence-electron chi connectivity index (χ2n) is 8.12. The molecule has 0 bridgehead atoms. The molecule has 8 nitrogen and oxygen atoms in total. The van der Waals surface area contributed by atoms with Gasteiger partial charge in [0, 0.05) is 23.7 Å². The van der Waals surface area contributed by atoms with Gasteiger partial charge in [0.15, 0.2) is 5.58 Å². The highest BCUT2D eigenvalue weighted by molar-refractivity contribution is 6.15. The van der Waals surface area contributed by atoms with Crippen LogP contribution in [0.15, 0.2) is 51.7 Å². The summed E-state index contributed by atoms with van der Waals surface area (Å²) in [5.41, 5.74) is 7.89. The van der Waals surface area contributed by atoms with Crippen LogP contribution < -0.4 is 21.0 Å². The summed E-state index contributed by atoms with van der Waals surface area (Å²) in [5.74, 6) is -0.580. The number of benzene rings is 2. The number of rotatable bonds is 8. The van der Waals surface area contributed by atoms with Crippen molar-refractivity contribution in [1.82, 2.24) is 0 Å². The van der Waals surface area contributed by atoms with E-state index in [1.807, 2.05) is 31.2 Å². The first-order valence-corrected chi connectivity index (χ1v) is 11.5. The van der Waals surface area contributed by atoms with E-state index in [1.165, 1.54) is 6.07 Å². The van der Waals surface area contributed by atoms with Gasteiger partial charge in [-0.25, -0.2) is 4.79 Å². The largest absolute Gasteiger partial charge is 0.489 e. The zero-order chi connectivity index (χ0) is 24.1. The lowest BCUT2D eigenvalue weighted by molar-refractivity contribution is -0.142. The van der Waals surface area contributed by atoms with Gasteiger partial charge in [-0.1, -0.05) is 31.5 Å². The van der Waals surface area contributed by atoms with Gasteiger partial charge >= 0.3 is 11.6 Å². The number of fused-ring (bicyclic) bond motifs is 2. The molecule has 1 aliphatic rings. The Hall–Kier alpha value is -3.36. The third-order valence-corrected chi connectivity index (χ3v) is 5.82. The Morgan fingerprint density at radius 1 is 1.14 bits per heavy atom. The van der Waals surface area contributed by atoms with Crippen LogP contribution in [0.5, 0.6) is 5.75 Å². The SMILES string of the molecule is CCCc1cc(=O)oc2c(C(=O)N3CCCc4ccccc43)c(OCCOC(=O)CN)ccc12.Cl. The van der Waals surface area contributed by atoms with Crippen molar-refractivity contribution in [2.24, 2.45) is 5.73 Å². The average Bonchev–Trinajstić information content (AvgIpc) is 2.85. The number of ether oxygens (including phenoxy) is 2. The molecule has 0 atom stereocenters. The molecule has 0 saturated heterocycles. The second-order valence-corrected chi connectivity index (χ2v) is 8.12. The molecule has 186 valence electrons. The first kappa shape index (κ1) is 26.2. The number of carbonyl (C=O) groups excluding carboxylic acids is 2. The smallest absolute Gasteiger partial charge is 0.336 e. The van der Waals surface area contributed by atoms with Crippen molar-refractivity contribution in [1.29, 1.82) is 0 Å². The number of esters is 1. The number of hydrogen-bond acceptors (Lipinski definition) is 7. The fraction of sp³-hybridized carbons (Fsp3) is 0.346. The molecular weight excluding hydrogens is 472 g/mol.